The molecule has 1 heterocycles. The van der Waals surface area contributed by atoms with E-state index in [0.29, 0.717) is 0 Å². The standard InChI is InChI=1S/C10H18N2OSi/c1-7-9(8(2)13)10(11-12(7)3)14(4,5)6/h1-6H3. The molecule has 0 saturated carbocycles. The zero-order chi connectivity index (χ0) is 11.1. The first-order chi connectivity index (χ1) is 6.25. The summed E-state index contributed by atoms with van der Waals surface area (Å²) >= 11 is 0. The zero-order valence-corrected chi connectivity index (χ0v) is 10.8. The van der Waals surface area contributed by atoms with Crippen molar-refractivity contribution in [2.24, 2.45) is 7.05 Å². The first-order valence-electron chi connectivity index (χ1n) is 4.80. The summed E-state index contributed by atoms with van der Waals surface area (Å²) in [5, 5.41) is 5.49. The molecule has 78 valence electrons. The Morgan fingerprint density at radius 1 is 1.36 bits per heavy atom. The molecule has 3 nitrogen and oxygen atoms in total. The van der Waals surface area contributed by atoms with Gasteiger partial charge in [-0.15, -0.1) is 0 Å². The molecular weight excluding hydrogens is 192 g/mol. The third kappa shape index (κ3) is 1.80. The van der Waals surface area contributed by atoms with Crippen LogP contribution in [-0.4, -0.2) is 23.6 Å². The molecule has 1 aromatic heterocycles. The molecule has 1 aromatic rings. The Labute approximate surface area is 86.1 Å². The van der Waals surface area contributed by atoms with Gasteiger partial charge in [-0.05, 0) is 13.8 Å². The number of carbonyl (C=O) groups excluding carboxylic acids is 1. The second kappa shape index (κ2) is 3.35. The Morgan fingerprint density at radius 2 is 1.86 bits per heavy atom. The molecule has 0 radical (unpaired) electrons. The lowest BCUT2D eigenvalue weighted by molar-refractivity contribution is 0.101. The van der Waals surface area contributed by atoms with Crippen LogP contribution in [0.5, 0.6) is 0 Å². The minimum atomic E-state index is -1.50. The molecule has 1 rings (SSSR count). The molecule has 14 heavy (non-hydrogen) atoms. The largest absolute Gasteiger partial charge is 0.294 e. The van der Waals surface area contributed by atoms with Crippen LogP contribution >= 0.6 is 0 Å². The van der Waals surface area contributed by atoms with Gasteiger partial charge in [-0.2, -0.15) is 5.10 Å². The van der Waals surface area contributed by atoms with Crippen LogP contribution in [-0.2, 0) is 7.05 Å². The summed E-state index contributed by atoms with van der Waals surface area (Å²) < 4.78 is 1.81. The van der Waals surface area contributed by atoms with Crippen LogP contribution in [0.3, 0.4) is 0 Å². The van der Waals surface area contributed by atoms with Gasteiger partial charge in [-0.25, -0.2) is 0 Å². The number of aromatic nitrogens is 2. The first-order valence-corrected chi connectivity index (χ1v) is 8.30. The van der Waals surface area contributed by atoms with Crippen LogP contribution in [0, 0.1) is 6.92 Å². The Bertz CT molecular complexity index is 374. The highest BCUT2D eigenvalue weighted by molar-refractivity contribution is 6.88. The minimum absolute atomic E-state index is 0.132. The van der Waals surface area contributed by atoms with E-state index < -0.39 is 8.07 Å². The van der Waals surface area contributed by atoms with Crippen molar-refractivity contribution in [3.8, 4) is 0 Å². The van der Waals surface area contributed by atoms with Gasteiger partial charge in [-0.3, -0.25) is 9.48 Å². The van der Waals surface area contributed by atoms with Crippen molar-refractivity contribution in [1.29, 1.82) is 0 Å². The predicted octanol–water partition coefficient (Wildman–Crippen LogP) is 1.48. The molecular formula is C10H18N2OSi. The molecule has 0 aliphatic rings. The summed E-state index contributed by atoms with van der Waals surface area (Å²) in [6.07, 6.45) is 0. The van der Waals surface area contributed by atoms with Gasteiger partial charge in [0.25, 0.3) is 0 Å². The number of hydrogen-bond acceptors (Lipinski definition) is 2. The number of aryl methyl sites for hydroxylation is 1. The lowest BCUT2D eigenvalue weighted by atomic mass is 10.2. The van der Waals surface area contributed by atoms with E-state index in [4.69, 9.17) is 0 Å². The van der Waals surface area contributed by atoms with Crippen molar-refractivity contribution in [3.63, 3.8) is 0 Å². The number of carbonyl (C=O) groups is 1. The third-order valence-corrected chi connectivity index (χ3v) is 4.17. The van der Waals surface area contributed by atoms with E-state index in [0.717, 1.165) is 16.6 Å². The fourth-order valence-corrected chi connectivity index (χ4v) is 3.11. The molecule has 0 fully saturated rings. The maximum Gasteiger partial charge on any atom is 0.163 e. The molecule has 0 spiro atoms. The second-order valence-electron chi connectivity index (χ2n) is 4.74. The van der Waals surface area contributed by atoms with Crippen LogP contribution in [0.25, 0.3) is 0 Å². The van der Waals surface area contributed by atoms with Crippen molar-refractivity contribution in [2.75, 3.05) is 0 Å². The lowest BCUT2D eigenvalue weighted by Crippen LogP contribution is -2.42. The van der Waals surface area contributed by atoms with E-state index >= 15 is 0 Å². The van der Waals surface area contributed by atoms with Gasteiger partial charge in [0.05, 0.1) is 10.9 Å². The molecule has 0 aliphatic heterocycles. The Morgan fingerprint density at radius 3 is 2.14 bits per heavy atom. The molecule has 4 heteroatoms. The molecule has 0 unspecified atom stereocenters. The molecule has 0 amide bonds. The summed E-state index contributed by atoms with van der Waals surface area (Å²) in [5.74, 6) is 0.132. The summed E-state index contributed by atoms with van der Waals surface area (Å²) in [6.45, 7) is 10.2. The summed E-state index contributed by atoms with van der Waals surface area (Å²) in [4.78, 5) is 11.5. The van der Waals surface area contributed by atoms with Crippen molar-refractivity contribution >= 4 is 19.2 Å². The molecule has 0 atom stereocenters. The van der Waals surface area contributed by atoms with Crippen molar-refractivity contribution < 1.29 is 4.79 Å². The quantitative estimate of drug-likeness (QED) is 0.547. The average molecular weight is 210 g/mol. The molecule has 0 aliphatic carbocycles. The Balaban J connectivity index is 3.45. The van der Waals surface area contributed by atoms with E-state index in [1.807, 2.05) is 18.7 Å². The van der Waals surface area contributed by atoms with Gasteiger partial charge >= 0.3 is 0 Å². The summed E-state index contributed by atoms with van der Waals surface area (Å²) in [5.41, 5.74) is 1.82. The maximum absolute atomic E-state index is 11.5. The van der Waals surface area contributed by atoms with Crippen molar-refractivity contribution in [1.82, 2.24) is 9.78 Å². The smallest absolute Gasteiger partial charge is 0.163 e. The molecule has 0 aromatic carbocycles. The van der Waals surface area contributed by atoms with Gasteiger partial charge in [-0.1, -0.05) is 19.6 Å². The van der Waals surface area contributed by atoms with Gasteiger partial charge in [0.15, 0.2) is 5.78 Å². The second-order valence-corrected chi connectivity index (χ2v) is 9.71. The van der Waals surface area contributed by atoms with E-state index in [1.54, 1.807) is 6.92 Å². The van der Waals surface area contributed by atoms with Crippen LogP contribution in [0.15, 0.2) is 0 Å². The fraction of sp³-hybridized carbons (Fsp3) is 0.600. The monoisotopic (exact) mass is 210 g/mol. The number of nitrogens with zero attached hydrogens (tertiary/aromatic N) is 2. The highest BCUT2D eigenvalue weighted by atomic mass is 28.3. The normalized spacial score (nSPS) is 11.9. The molecule has 0 bridgehead atoms. The van der Waals surface area contributed by atoms with Gasteiger partial charge in [0.2, 0.25) is 0 Å². The predicted molar refractivity (Wildman–Crippen MR) is 60.9 cm³/mol. The highest BCUT2D eigenvalue weighted by Crippen LogP contribution is 2.11. The van der Waals surface area contributed by atoms with Gasteiger partial charge < -0.3 is 0 Å². The lowest BCUT2D eigenvalue weighted by Gasteiger charge is -2.13. The summed E-state index contributed by atoms with van der Waals surface area (Å²) in [6, 6.07) is 0. The zero-order valence-electron chi connectivity index (χ0n) is 9.80. The highest BCUT2D eigenvalue weighted by Gasteiger charge is 2.27. The number of Topliss-reactive ketones (excluding diaryl/α,β-unsaturated/α-hetero) is 1. The third-order valence-electron chi connectivity index (χ3n) is 2.40. The number of rotatable bonds is 2. The topological polar surface area (TPSA) is 34.9 Å². The van der Waals surface area contributed by atoms with Crippen LogP contribution < -0.4 is 5.32 Å². The van der Waals surface area contributed by atoms with Crippen LogP contribution in [0.2, 0.25) is 19.6 Å². The fourth-order valence-electron chi connectivity index (χ4n) is 1.55. The van der Waals surface area contributed by atoms with Crippen LogP contribution in [0.4, 0.5) is 0 Å². The number of hydrogen-bond donors (Lipinski definition) is 0. The van der Waals surface area contributed by atoms with E-state index in [9.17, 15) is 4.79 Å². The average Bonchev–Trinajstić information content (AvgIpc) is 2.27. The molecule has 0 N–H and O–H groups in total. The van der Waals surface area contributed by atoms with Crippen LogP contribution in [0.1, 0.15) is 23.0 Å². The Hall–Kier alpha value is -0.903. The number of ketones is 1. The first kappa shape index (κ1) is 11.2. The van der Waals surface area contributed by atoms with Crippen molar-refractivity contribution in [3.05, 3.63) is 11.3 Å². The van der Waals surface area contributed by atoms with Gasteiger partial charge in [0.1, 0.15) is 8.07 Å². The SMILES string of the molecule is CC(=O)c1c([Si](C)(C)C)nn(C)c1C. The maximum atomic E-state index is 11.5. The molecule has 0 saturated heterocycles. The van der Waals surface area contributed by atoms with E-state index in [-0.39, 0.29) is 5.78 Å². The van der Waals surface area contributed by atoms with E-state index in [2.05, 4.69) is 24.7 Å². The van der Waals surface area contributed by atoms with E-state index in [1.165, 1.54) is 0 Å². The summed E-state index contributed by atoms with van der Waals surface area (Å²) in [7, 11) is 0.390. The Kier molecular flexibility index (Phi) is 2.67. The van der Waals surface area contributed by atoms with Gasteiger partial charge in [0, 0.05) is 12.7 Å². The van der Waals surface area contributed by atoms with Crippen molar-refractivity contribution in [2.45, 2.75) is 33.5 Å². The minimum Gasteiger partial charge on any atom is -0.294 e.